The highest BCUT2D eigenvalue weighted by Gasteiger charge is 2.29. The van der Waals surface area contributed by atoms with Gasteiger partial charge in [-0.15, -0.1) is 10.2 Å². The number of hydrogen-bond donors (Lipinski definition) is 3. The number of aromatic nitrogens is 4. The van der Waals surface area contributed by atoms with Crippen LogP contribution in [0.15, 0.2) is 42.7 Å². The van der Waals surface area contributed by atoms with E-state index < -0.39 is 17.8 Å². The second-order valence-electron chi connectivity index (χ2n) is 8.98. The minimum atomic E-state index is -1.26. The lowest BCUT2D eigenvalue weighted by molar-refractivity contribution is 0.0598. The van der Waals surface area contributed by atoms with E-state index in [9.17, 15) is 23.9 Å². The zero-order valence-corrected chi connectivity index (χ0v) is 21.6. The first-order chi connectivity index (χ1) is 18.6. The lowest BCUT2D eigenvalue weighted by Gasteiger charge is -2.16. The smallest absolute Gasteiger partial charge is 0.354 e. The van der Waals surface area contributed by atoms with Gasteiger partial charge >= 0.3 is 11.9 Å². The van der Waals surface area contributed by atoms with Gasteiger partial charge in [-0.05, 0) is 66.6 Å². The van der Waals surface area contributed by atoms with Crippen molar-refractivity contribution in [3.63, 3.8) is 0 Å². The Morgan fingerprint density at radius 1 is 1.20 bits per heavy atom. The van der Waals surface area contributed by atoms with Gasteiger partial charge in [0, 0.05) is 12.6 Å². The van der Waals surface area contributed by atoms with Crippen LogP contribution in [0.1, 0.15) is 79.0 Å². The number of benzene rings is 2. The number of aromatic carboxylic acids is 1. The van der Waals surface area contributed by atoms with Crippen LogP contribution in [0.25, 0.3) is 5.78 Å². The number of hydrogen-bond acceptors (Lipinski definition) is 8. The summed E-state index contributed by atoms with van der Waals surface area (Å²) in [5, 5.41) is 19.6. The summed E-state index contributed by atoms with van der Waals surface area (Å²) in [4.78, 5) is 40.0. The van der Waals surface area contributed by atoms with E-state index in [1.165, 1.54) is 30.0 Å². The summed E-state index contributed by atoms with van der Waals surface area (Å²) in [6.45, 7) is 4.06. The fourth-order valence-electron chi connectivity index (χ4n) is 4.53. The lowest BCUT2D eigenvalue weighted by Crippen LogP contribution is -2.29. The molecule has 5 rings (SSSR count). The van der Waals surface area contributed by atoms with Crippen LogP contribution in [-0.4, -0.2) is 49.6 Å². The van der Waals surface area contributed by atoms with Gasteiger partial charge in [-0.3, -0.25) is 9.20 Å². The number of carboxylic acid groups (broad SMARTS) is 1. The third-order valence-corrected chi connectivity index (χ3v) is 6.60. The summed E-state index contributed by atoms with van der Waals surface area (Å²) >= 11 is 0. The molecule has 2 aromatic carbocycles. The van der Waals surface area contributed by atoms with Gasteiger partial charge in [0.1, 0.15) is 17.8 Å². The number of nitrogens with one attached hydrogen (secondary N) is 1. The molecule has 1 aliphatic carbocycles. The highest BCUT2D eigenvalue weighted by molar-refractivity contribution is 5.96. The minimum Gasteiger partial charge on any atom is -0.477 e. The van der Waals surface area contributed by atoms with Gasteiger partial charge in [0.25, 0.3) is 11.7 Å². The molecule has 0 spiro atoms. The molecule has 0 saturated carbocycles. The molecule has 0 fully saturated rings. The molecule has 2 aromatic heterocycles. The van der Waals surface area contributed by atoms with Crippen LogP contribution in [0.2, 0.25) is 0 Å². The van der Waals surface area contributed by atoms with Crippen molar-refractivity contribution in [2.45, 2.75) is 46.7 Å². The first kappa shape index (κ1) is 29.8. The molecule has 40 heavy (non-hydrogen) atoms. The van der Waals surface area contributed by atoms with E-state index in [4.69, 9.17) is 10.5 Å². The molecular weight excluding hydrogens is 519 g/mol. The number of halogens is 1. The van der Waals surface area contributed by atoms with Gasteiger partial charge in [0.15, 0.2) is 5.69 Å². The van der Waals surface area contributed by atoms with E-state index >= 15 is 0 Å². The van der Waals surface area contributed by atoms with E-state index in [1.807, 2.05) is 13.0 Å². The van der Waals surface area contributed by atoms with Crippen molar-refractivity contribution in [3.05, 3.63) is 93.3 Å². The van der Waals surface area contributed by atoms with Crippen molar-refractivity contribution in [3.8, 4) is 0 Å². The number of aryl methyl sites for hydroxylation is 1. The number of fused-ring (bicyclic) bond motifs is 2. The average molecular weight is 551 g/mol. The molecule has 1 amide bonds. The quantitative estimate of drug-likeness (QED) is 0.315. The van der Waals surface area contributed by atoms with Crippen molar-refractivity contribution in [2.24, 2.45) is 5.73 Å². The van der Waals surface area contributed by atoms with Crippen LogP contribution in [0.4, 0.5) is 4.39 Å². The molecule has 11 nitrogen and oxygen atoms in total. The van der Waals surface area contributed by atoms with Gasteiger partial charge in [0.2, 0.25) is 0 Å². The van der Waals surface area contributed by atoms with Crippen molar-refractivity contribution in [1.82, 2.24) is 24.9 Å². The first-order valence-corrected chi connectivity index (χ1v) is 12.0. The third-order valence-electron chi connectivity index (χ3n) is 6.60. The number of nitrogens with zero attached hydrogens (tertiary/aromatic N) is 4. The molecule has 210 valence electrons. The van der Waals surface area contributed by atoms with E-state index in [2.05, 4.69) is 20.5 Å². The molecule has 0 aliphatic heterocycles. The normalized spacial score (nSPS) is 13.5. The molecule has 4 N–H and O–H groups in total. The van der Waals surface area contributed by atoms with Crippen molar-refractivity contribution in [2.75, 3.05) is 7.11 Å². The van der Waals surface area contributed by atoms with Crippen LogP contribution in [0.5, 0.6) is 0 Å². The maximum atomic E-state index is 12.9. The standard InChI is InChI=1S/C19H17N5O5.C8H10FN.CH4/c1-9-10-5-6-13(12(10)4-3-11(9)18(28)29-2)21-16(25)15-7-14(17(26)27)22-19-23-20-8-24(15)19;1-6-4-7(5-10)2-3-8(6)9;/h3-4,7-8,13H,5-6H2,1-2H3,(H,21,25)(H,26,27);2-4H,5,10H2,1H3;1H4/t13-;;/m0../s1. The van der Waals surface area contributed by atoms with Crippen molar-refractivity contribution < 1.29 is 28.6 Å². The largest absolute Gasteiger partial charge is 0.477 e. The zero-order chi connectivity index (χ0) is 28.3. The van der Waals surface area contributed by atoms with Crippen LogP contribution >= 0.6 is 0 Å². The van der Waals surface area contributed by atoms with Gasteiger partial charge in [-0.25, -0.2) is 19.0 Å². The monoisotopic (exact) mass is 550 g/mol. The predicted octanol–water partition coefficient (Wildman–Crippen LogP) is 3.56. The average Bonchev–Trinajstić information content (AvgIpc) is 3.57. The van der Waals surface area contributed by atoms with Gasteiger partial charge < -0.3 is 20.9 Å². The number of nitrogens with two attached hydrogens (primary N) is 1. The summed E-state index contributed by atoms with van der Waals surface area (Å²) in [5.41, 5.74) is 10.0. The fourth-order valence-corrected chi connectivity index (χ4v) is 4.53. The Hall–Kier alpha value is -4.71. The molecule has 0 bridgehead atoms. The molecule has 2 heterocycles. The molecule has 0 saturated heterocycles. The van der Waals surface area contributed by atoms with Gasteiger partial charge in [0.05, 0.1) is 18.7 Å². The summed E-state index contributed by atoms with van der Waals surface area (Å²) in [7, 11) is 1.34. The zero-order valence-electron chi connectivity index (χ0n) is 21.6. The highest BCUT2D eigenvalue weighted by atomic mass is 19.1. The van der Waals surface area contributed by atoms with Crippen molar-refractivity contribution in [1.29, 1.82) is 0 Å². The third kappa shape index (κ3) is 5.96. The Labute approximate surface area is 230 Å². The van der Waals surface area contributed by atoms with Gasteiger partial charge in [-0.2, -0.15) is 0 Å². The summed E-state index contributed by atoms with van der Waals surface area (Å²) in [6.07, 6.45) is 2.67. The Balaban J connectivity index is 0.000000340. The number of ether oxygens (including phenoxy) is 1. The van der Waals surface area contributed by atoms with E-state index in [0.717, 1.165) is 22.3 Å². The van der Waals surface area contributed by atoms with Crippen molar-refractivity contribution >= 4 is 23.6 Å². The summed E-state index contributed by atoms with van der Waals surface area (Å²) < 4.78 is 18.7. The topological polar surface area (TPSA) is 162 Å². The number of methoxy groups -OCH3 is 1. The molecule has 4 aromatic rings. The molecule has 1 aliphatic rings. The Morgan fingerprint density at radius 3 is 2.60 bits per heavy atom. The number of carboxylic acids is 1. The molecule has 0 unspecified atom stereocenters. The molecular formula is C28H31FN6O5. The SMILES string of the molecule is C.COC(=O)c1ccc2c(c1C)CC[C@@H]2NC(=O)c1cc(C(=O)O)nc2nncn12.Cc1cc(CN)ccc1F. The predicted molar refractivity (Wildman–Crippen MR) is 145 cm³/mol. The van der Waals surface area contributed by atoms with Gasteiger partial charge in [-0.1, -0.05) is 25.6 Å². The highest BCUT2D eigenvalue weighted by Crippen LogP contribution is 2.35. The first-order valence-electron chi connectivity index (χ1n) is 12.0. The fraction of sp³-hybridized carbons (Fsp3) is 0.286. The van der Waals surface area contributed by atoms with E-state index in [1.54, 1.807) is 25.1 Å². The van der Waals surface area contributed by atoms with Crippen LogP contribution in [0, 0.1) is 19.7 Å². The second kappa shape index (κ2) is 12.4. The number of rotatable bonds is 5. The van der Waals surface area contributed by atoms with Crippen LogP contribution in [0.3, 0.4) is 0 Å². The number of esters is 1. The molecule has 12 heteroatoms. The number of carbonyl (C=O) groups excluding carboxylic acids is 2. The lowest BCUT2D eigenvalue weighted by atomic mass is 9.98. The maximum absolute atomic E-state index is 12.9. The Bertz CT molecular complexity index is 1590. The molecule has 0 radical (unpaired) electrons. The van der Waals surface area contributed by atoms with E-state index in [-0.39, 0.29) is 36.5 Å². The Kier molecular flexibility index (Phi) is 9.27. The summed E-state index contributed by atoms with van der Waals surface area (Å²) in [5.74, 6) is -2.27. The second-order valence-corrected chi connectivity index (χ2v) is 8.98. The minimum absolute atomic E-state index is 0. The van der Waals surface area contributed by atoms with Crippen LogP contribution in [-0.2, 0) is 17.7 Å². The molecule has 1 atom stereocenters. The number of carbonyl (C=O) groups is 3. The Morgan fingerprint density at radius 2 is 1.95 bits per heavy atom. The number of amides is 1. The maximum Gasteiger partial charge on any atom is 0.354 e. The van der Waals surface area contributed by atoms with Crippen LogP contribution < -0.4 is 11.1 Å². The van der Waals surface area contributed by atoms with E-state index in [0.29, 0.717) is 30.5 Å². The summed E-state index contributed by atoms with van der Waals surface area (Å²) in [6, 6.07) is 9.33.